The monoisotopic (exact) mass is 283 g/mol. The zero-order chi connectivity index (χ0) is 14.5. The van der Waals surface area contributed by atoms with Gasteiger partial charge in [-0.05, 0) is 42.9 Å². The lowest BCUT2D eigenvalue weighted by molar-refractivity contribution is -0.125. The van der Waals surface area contributed by atoms with E-state index >= 15 is 0 Å². The van der Waals surface area contributed by atoms with E-state index in [0.717, 1.165) is 38.8 Å². The molecule has 1 aliphatic rings. The topological polar surface area (TPSA) is 46.9 Å². The molecule has 0 unspecified atom stereocenters. The first kappa shape index (κ1) is 13.9. The van der Waals surface area contributed by atoms with E-state index in [1.807, 2.05) is 16.9 Å². The first-order valence-electron chi connectivity index (χ1n) is 7.65. The van der Waals surface area contributed by atoms with Gasteiger partial charge in [-0.15, -0.1) is 0 Å². The number of rotatable bonds is 5. The highest BCUT2D eigenvalue weighted by molar-refractivity contribution is 5.79. The highest BCUT2D eigenvalue weighted by atomic mass is 16.1. The van der Waals surface area contributed by atoms with Crippen LogP contribution in [-0.4, -0.2) is 22.2 Å². The van der Waals surface area contributed by atoms with Crippen LogP contribution in [0.3, 0.4) is 0 Å². The summed E-state index contributed by atoms with van der Waals surface area (Å²) in [6, 6.07) is 10.4. The number of benzene rings is 1. The summed E-state index contributed by atoms with van der Waals surface area (Å²) in [5.74, 6) is 0.328. The molecule has 4 nitrogen and oxygen atoms in total. The summed E-state index contributed by atoms with van der Waals surface area (Å²) in [4.78, 5) is 12.2. The number of carbonyl (C=O) groups is 1. The molecule has 0 bridgehead atoms. The largest absolute Gasteiger partial charge is 0.356 e. The quantitative estimate of drug-likeness (QED) is 0.855. The minimum atomic E-state index is 0.129. The Balaban J connectivity index is 1.44. The van der Waals surface area contributed by atoms with E-state index in [0.29, 0.717) is 0 Å². The Morgan fingerprint density at radius 1 is 1.29 bits per heavy atom. The Hall–Kier alpha value is -2.10. The lowest BCUT2D eigenvalue weighted by atomic mass is 9.83. The molecule has 0 spiro atoms. The molecule has 4 heteroatoms. The third-order valence-corrected chi connectivity index (χ3v) is 4.14. The van der Waals surface area contributed by atoms with E-state index < -0.39 is 0 Å². The van der Waals surface area contributed by atoms with Crippen molar-refractivity contribution in [3.8, 4) is 0 Å². The molecule has 1 amide bonds. The van der Waals surface area contributed by atoms with Crippen molar-refractivity contribution >= 4 is 5.91 Å². The van der Waals surface area contributed by atoms with Gasteiger partial charge < -0.3 is 5.32 Å². The van der Waals surface area contributed by atoms with Crippen LogP contribution in [-0.2, 0) is 24.2 Å². The van der Waals surface area contributed by atoms with Crippen LogP contribution in [0.15, 0.2) is 42.7 Å². The normalized spacial score (nSPS) is 17.2. The molecule has 1 aromatic carbocycles. The second kappa shape index (κ2) is 6.57. The molecule has 1 N–H and O–H groups in total. The lowest BCUT2D eigenvalue weighted by Gasteiger charge is -2.23. The number of aryl methyl sites for hydroxylation is 2. The fourth-order valence-corrected chi connectivity index (χ4v) is 2.95. The highest BCUT2D eigenvalue weighted by Gasteiger charge is 2.23. The van der Waals surface area contributed by atoms with Gasteiger partial charge in [0.15, 0.2) is 0 Å². The Bertz CT molecular complexity index is 592. The van der Waals surface area contributed by atoms with Gasteiger partial charge in [-0.25, -0.2) is 0 Å². The van der Waals surface area contributed by atoms with Crippen LogP contribution in [0.1, 0.15) is 24.0 Å². The van der Waals surface area contributed by atoms with Gasteiger partial charge in [0.1, 0.15) is 0 Å². The molecule has 1 aromatic heterocycles. The van der Waals surface area contributed by atoms with Crippen molar-refractivity contribution in [2.45, 2.75) is 32.2 Å². The molecule has 0 saturated heterocycles. The molecule has 1 aliphatic carbocycles. The van der Waals surface area contributed by atoms with Crippen LogP contribution in [0.4, 0.5) is 0 Å². The lowest BCUT2D eigenvalue weighted by Crippen LogP contribution is -2.34. The van der Waals surface area contributed by atoms with Gasteiger partial charge in [0, 0.05) is 31.4 Å². The van der Waals surface area contributed by atoms with Crippen molar-refractivity contribution < 1.29 is 4.79 Å². The molecule has 0 aliphatic heterocycles. The van der Waals surface area contributed by atoms with Crippen LogP contribution < -0.4 is 5.32 Å². The minimum absolute atomic E-state index is 0.129. The summed E-state index contributed by atoms with van der Waals surface area (Å²) >= 11 is 0. The van der Waals surface area contributed by atoms with Crippen LogP contribution >= 0.6 is 0 Å². The minimum Gasteiger partial charge on any atom is -0.356 e. The van der Waals surface area contributed by atoms with E-state index in [9.17, 15) is 4.79 Å². The van der Waals surface area contributed by atoms with Gasteiger partial charge in [-0.3, -0.25) is 9.48 Å². The zero-order valence-electron chi connectivity index (χ0n) is 12.2. The maximum absolute atomic E-state index is 12.2. The fraction of sp³-hybridized carbons (Fsp3) is 0.412. The molecule has 0 radical (unpaired) electrons. The average molecular weight is 283 g/mol. The number of hydrogen-bond acceptors (Lipinski definition) is 2. The molecular formula is C17H21N3O. The molecule has 0 saturated carbocycles. The standard InChI is InChI=1S/C17H21N3O/c21-17(18-9-3-11-20-12-4-10-19-20)16-8-7-14-5-1-2-6-15(14)13-16/h1-2,4-6,10,12,16H,3,7-9,11,13H2,(H,18,21)/t16-/m0/s1. The van der Waals surface area contributed by atoms with Crippen molar-refractivity contribution in [2.24, 2.45) is 5.92 Å². The Morgan fingerprint density at radius 3 is 2.95 bits per heavy atom. The Kier molecular flexibility index (Phi) is 4.34. The second-order valence-electron chi connectivity index (χ2n) is 5.62. The summed E-state index contributed by atoms with van der Waals surface area (Å²) in [6.45, 7) is 1.57. The first-order chi connectivity index (χ1) is 10.3. The molecule has 110 valence electrons. The first-order valence-corrected chi connectivity index (χ1v) is 7.65. The van der Waals surface area contributed by atoms with Crippen molar-refractivity contribution in [2.75, 3.05) is 6.54 Å². The Morgan fingerprint density at radius 2 is 2.14 bits per heavy atom. The number of nitrogens with zero attached hydrogens (tertiary/aromatic N) is 2. The predicted octanol–water partition coefficient (Wildman–Crippen LogP) is 2.19. The molecule has 3 rings (SSSR count). The number of hydrogen-bond donors (Lipinski definition) is 1. The van der Waals surface area contributed by atoms with Crippen LogP contribution in [0.2, 0.25) is 0 Å². The third kappa shape index (κ3) is 3.51. The van der Waals surface area contributed by atoms with Gasteiger partial charge in [0.25, 0.3) is 0 Å². The van der Waals surface area contributed by atoms with Crippen molar-refractivity contribution in [3.05, 3.63) is 53.9 Å². The maximum Gasteiger partial charge on any atom is 0.223 e. The number of nitrogens with one attached hydrogen (secondary N) is 1. The summed E-state index contributed by atoms with van der Waals surface area (Å²) < 4.78 is 1.89. The summed E-state index contributed by atoms with van der Waals surface area (Å²) in [5.41, 5.74) is 2.74. The average Bonchev–Trinajstić information content (AvgIpc) is 3.04. The van der Waals surface area contributed by atoms with Gasteiger partial charge in [0.2, 0.25) is 5.91 Å². The van der Waals surface area contributed by atoms with Gasteiger partial charge in [-0.1, -0.05) is 24.3 Å². The van der Waals surface area contributed by atoms with E-state index in [1.54, 1.807) is 6.20 Å². The van der Waals surface area contributed by atoms with Crippen LogP contribution in [0.25, 0.3) is 0 Å². The van der Waals surface area contributed by atoms with E-state index in [-0.39, 0.29) is 11.8 Å². The molecule has 1 heterocycles. The SMILES string of the molecule is O=C(NCCCn1cccn1)[C@H]1CCc2ccccc2C1. The summed E-state index contributed by atoms with van der Waals surface area (Å²) in [5, 5.41) is 7.22. The second-order valence-corrected chi connectivity index (χ2v) is 5.62. The van der Waals surface area contributed by atoms with Crippen LogP contribution in [0, 0.1) is 5.92 Å². The zero-order valence-corrected chi connectivity index (χ0v) is 12.2. The van der Waals surface area contributed by atoms with Gasteiger partial charge in [0.05, 0.1) is 0 Å². The number of carbonyl (C=O) groups excluding carboxylic acids is 1. The van der Waals surface area contributed by atoms with Gasteiger partial charge in [-0.2, -0.15) is 5.10 Å². The maximum atomic E-state index is 12.2. The van der Waals surface area contributed by atoms with Crippen molar-refractivity contribution in [1.82, 2.24) is 15.1 Å². The molecule has 2 aromatic rings. The Labute approximate surface area is 125 Å². The van der Waals surface area contributed by atoms with Crippen molar-refractivity contribution in [1.29, 1.82) is 0 Å². The van der Waals surface area contributed by atoms with E-state index in [1.165, 1.54) is 11.1 Å². The molecule has 1 atom stereocenters. The molecule has 0 fully saturated rings. The number of fused-ring (bicyclic) bond motifs is 1. The van der Waals surface area contributed by atoms with Crippen molar-refractivity contribution in [3.63, 3.8) is 0 Å². The highest BCUT2D eigenvalue weighted by Crippen LogP contribution is 2.25. The summed E-state index contributed by atoms with van der Waals surface area (Å²) in [7, 11) is 0. The fourth-order valence-electron chi connectivity index (χ4n) is 2.95. The van der Waals surface area contributed by atoms with Gasteiger partial charge >= 0.3 is 0 Å². The van der Waals surface area contributed by atoms with E-state index in [4.69, 9.17) is 0 Å². The smallest absolute Gasteiger partial charge is 0.223 e. The molecule has 21 heavy (non-hydrogen) atoms. The summed E-state index contributed by atoms with van der Waals surface area (Å²) in [6.07, 6.45) is 7.49. The third-order valence-electron chi connectivity index (χ3n) is 4.14. The molecular weight excluding hydrogens is 262 g/mol. The number of aromatic nitrogens is 2. The van der Waals surface area contributed by atoms with Crippen LogP contribution in [0.5, 0.6) is 0 Å². The van der Waals surface area contributed by atoms with E-state index in [2.05, 4.69) is 34.7 Å². The predicted molar refractivity (Wildman–Crippen MR) is 81.8 cm³/mol. The number of amides is 1.